The number of nitrogens with zero attached hydrogens (tertiary/aromatic N) is 3. The molecule has 2 heterocycles. The SMILES string of the molecule is CCc1c(C(=O)N2CCC(Oc3ccc(Cl)cc3)CC2)cnn1-c1ccccc1. The van der Waals surface area contributed by atoms with E-state index in [1.807, 2.05) is 64.2 Å². The van der Waals surface area contributed by atoms with E-state index < -0.39 is 0 Å². The Kier molecular flexibility index (Phi) is 5.86. The summed E-state index contributed by atoms with van der Waals surface area (Å²) < 4.78 is 7.90. The summed E-state index contributed by atoms with van der Waals surface area (Å²) in [6, 6.07) is 17.3. The molecular weight excluding hydrogens is 386 g/mol. The number of rotatable bonds is 5. The van der Waals surface area contributed by atoms with Crippen molar-refractivity contribution in [2.75, 3.05) is 13.1 Å². The van der Waals surface area contributed by atoms with E-state index in [1.165, 1.54) is 0 Å². The summed E-state index contributed by atoms with van der Waals surface area (Å²) in [6.45, 7) is 3.41. The highest BCUT2D eigenvalue weighted by Gasteiger charge is 2.27. The van der Waals surface area contributed by atoms with E-state index in [-0.39, 0.29) is 12.0 Å². The number of benzene rings is 2. The third-order valence-corrected chi connectivity index (χ3v) is 5.53. The average Bonchev–Trinajstić information content (AvgIpc) is 3.20. The maximum atomic E-state index is 13.1. The number of halogens is 1. The molecule has 0 atom stereocenters. The molecule has 29 heavy (non-hydrogen) atoms. The molecule has 0 unspecified atom stereocenters. The fraction of sp³-hybridized carbons (Fsp3) is 0.304. The van der Waals surface area contributed by atoms with Crippen molar-refractivity contribution in [3.8, 4) is 11.4 Å². The van der Waals surface area contributed by atoms with Crippen LogP contribution in [0.1, 0.15) is 35.8 Å². The van der Waals surface area contributed by atoms with Crippen LogP contribution in [0.4, 0.5) is 0 Å². The average molecular weight is 410 g/mol. The molecule has 6 heteroatoms. The minimum Gasteiger partial charge on any atom is -0.490 e. The Hall–Kier alpha value is -2.79. The standard InChI is InChI=1S/C23H24ClN3O2/c1-2-22-21(16-25-27(22)18-6-4-3-5-7-18)23(28)26-14-12-20(13-15-26)29-19-10-8-17(24)9-11-19/h3-11,16,20H,2,12-15H2,1H3. The van der Waals surface area contributed by atoms with Crippen molar-refractivity contribution in [2.24, 2.45) is 0 Å². The first-order valence-electron chi connectivity index (χ1n) is 9.99. The van der Waals surface area contributed by atoms with Gasteiger partial charge in [-0.15, -0.1) is 0 Å². The van der Waals surface area contributed by atoms with Gasteiger partial charge in [-0.25, -0.2) is 4.68 Å². The number of hydrogen-bond acceptors (Lipinski definition) is 3. The molecule has 4 rings (SSSR count). The first-order valence-corrected chi connectivity index (χ1v) is 10.4. The number of carbonyl (C=O) groups is 1. The van der Waals surface area contributed by atoms with Crippen molar-refractivity contribution in [3.05, 3.63) is 77.1 Å². The quantitative estimate of drug-likeness (QED) is 0.609. The molecule has 0 bridgehead atoms. The van der Waals surface area contributed by atoms with Crippen LogP contribution in [0.3, 0.4) is 0 Å². The number of hydrogen-bond donors (Lipinski definition) is 0. The van der Waals surface area contributed by atoms with Crippen molar-refractivity contribution in [1.82, 2.24) is 14.7 Å². The number of amides is 1. The van der Waals surface area contributed by atoms with Crippen LogP contribution in [0.5, 0.6) is 5.75 Å². The van der Waals surface area contributed by atoms with Crippen LogP contribution in [0.15, 0.2) is 60.8 Å². The lowest BCUT2D eigenvalue weighted by molar-refractivity contribution is 0.0594. The smallest absolute Gasteiger partial charge is 0.257 e. The molecule has 0 N–H and O–H groups in total. The van der Waals surface area contributed by atoms with Crippen molar-refractivity contribution < 1.29 is 9.53 Å². The maximum absolute atomic E-state index is 13.1. The van der Waals surface area contributed by atoms with E-state index >= 15 is 0 Å². The van der Waals surface area contributed by atoms with Gasteiger partial charge >= 0.3 is 0 Å². The Labute approximate surface area is 175 Å². The number of piperidine rings is 1. The Morgan fingerprint density at radius 2 is 1.79 bits per heavy atom. The number of likely N-dealkylation sites (tertiary alicyclic amines) is 1. The van der Waals surface area contributed by atoms with Gasteiger partial charge < -0.3 is 9.64 Å². The second kappa shape index (κ2) is 8.70. The largest absolute Gasteiger partial charge is 0.490 e. The Balaban J connectivity index is 1.42. The number of ether oxygens (including phenoxy) is 1. The Morgan fingerprint density at radius 3 is 2.45 bits per heavy atom. The van der Waals surface area contributed by atoms with Crippen LogP contribution < -0.4 is 4.74 Å². The van der Waals surface area contributed by atoms with E-state index in [2.05, 4.69) is 12.0 Å². The molecule has 0 radical (unpaired) electrons. The molecule has 0 aliphatic carbocycles. The molecule has 0 spiro atoms. The van der Waals surface area contributed by atoms with E-state index in [1.54, 1.807) is 6.20 Å². The summed E-state index contributed by atoms with van der Waals surface area (Å²) in [7, 11) is 0. The topological polar surface area (TPSA) is 47.4 Å². The molecule has 2 aromatic carbocycles. The lowest BCUT2D eigenvalue weighted by Gasteiger charge is -2.32. The molecule has 1 saturated heterocycles. The molecule has 150 valence electrons. The highest BCUT2D eigenvalue weighted by Crippen LogP contribution is 2.23. The molecule has 1 amide bonds. The predicted octanol–water partition coefficient (Wildman–Crippen LogP) is 4.77. The summed E-state index contributed by atoms with van der Waals surface area (Å²) in [6.07, 6.45) is 4.17. The highest BCUT2D eigenvalue weighted by atomic mass is 35.5. The number of aromatic nitrogens is 2. The Morgan fingerprint density at radius 1 is 1.10 bits per heavy atom. The maximum Gasteiger partial charge on any atom is 0.257 e. The van der Waals surface area contributed by atoms with Gasteiger partial charge in [0.1, 0.15) is 11.9 Å². The van der Waals surface area contributed by atoms with Crippen LogP contribution in [0.25, 0.3) is 5.69 Å². The summed E-state index contributed by atoms with van der Waals surface area (Å²) in [5, 5.41) is 5.18. The molecule has 0 saturated carbocycles. The lowest BCUT2D eigenvalue weighted by atomic mass is 10.1. The fourth-order valence-electron chi connectivity index (χ4n) is 3.74. The van der Waals surface area contributed by atoms with Crippen molar-refractivity contribution in [1.29, 1.82) is 0 Å². The number of para-hydroxylation sites is 1. The molecule has 5 nitrogen and oxygen atoms in total. The molecule has 1 aromatic heterocycles. The van der Waals surface area contributed by atoms with Crippen LogP contribution in [-0.4, -0.2) is 39.8 Å². The van der Waals surface area contributed by atoms with Crippen LogP contribution in [-0.2, 0) is 6.42 Å². The van der Waals surface area contributed by atoms with Crippen LogP contribution in [0.2, 0.25) is 5.02 Å². The van der Waals surface area contributed by atoms with E-state index in [0.29, 0.717) is 23.7 Å². The summed E-state index contributed by atoms with van der Waals surface area (Å²) in [5.41, 5.74) is 2.60. The van der Waals surface area contributed by atoms with Gasteiger partial charge in [-0.05, 0) is 42.8 Å². The molecule has 1 aliphatic rings. The third-order valence-electron chi connectivity index (χ3n) is 5.28. The van der Waals surface area contributed by atoms with Gasteiger partial charge in [0.2, 0.25) is 0 Å². The van der Waals surface area contributed by atoms with Gasteiger partial charge in [0.25, 0.3) is 5.91 Å². The van der Waals surface area contributed by atoms with Gasteiger partial charge in [0.05, 0.1) is 23.1 Å². The van der Waals surface area contributed by atoms with E-state index in [0.717, 1.165) is 36.4 Å². The second-order valence-corrected chi connectivity index (χ2v) is 7.61. The normalized spacial score (nSPS) is 14.8. The summed E-state index contributed by atoms with van der Waals surface area (Å²) >= 11 is 5.93. The van der Waals surface area contributed by atoms with E-state index in [9.17, 15) is 4.79 Å². The minimum atomic E-state index is 0.0500. The predicted molar refractivity (Wildman–Crippen MR) is 114 cm³/mol. The van der Waals surface area contributed by atoms with Gasteiger partial charge in [-0.3, -0.25) is 4.79 Å². The lowest BCUT2D eigenvalue weighted by Crippen LogP contribution is -2.42. The fourth-order valence-corrected chi connectivity index (χ4v) is 3.86. The first-order chi connectivity index (χ1) is 14.2. The first kappa shape index (κ1) is 19.5. The van der Waals surface area contributed by atoms with Crippen molar-refractivity contribution in [3.63, 3.8) is 0 Å². The molecule has 3 aromatic rings. The zero-order chi connectivity index (χ0) is 20.2. The number of carbonyl (C=O) groups excluding carboxylic acids is 1. The van der Waals surface area contributed by atoms with Crippen molar-refractivity contribution in [2.45, 2.75) is 32.3 Å². The van der Waals surface area contributed by atoms with E-state index in [4.69, 9.17) is 16.3 Å². The highest BCUT2D eigenvalue weighted by molar-refractivity contribution is 6.30. The molecule has 1 aliphatic heterocycles. The minimum absolute atomic E-state index is 0.0500. The molecule has 1 fully saturated rings. The zero-order valence-electron chi connectivity index (χ0n) is 16.4. The van der Waals surface area contributed by atoms with Gasteiger partial charge in [-0.2, -0.15) is 5.10 Å². The summed E-state index contributed by atoms with van der Waals surface area (Å²) in [5.74, 6) is 0.866. The van der Waals surface area contributed by atoms with Gasteiger partial charge in [0.15, 0.2) is 0 Å². The molecular formula is C23H24ClN3O2. The van der Waals surface area contributed by atoms with Gasteiger partial charge in [0, 0.05) is 31.0 Å². The van der Waals surface area contributed by atoms with Gasteiger partial charge in [-0.1, -0.05) is 36.7 Å². The van der Waals surface area contributed by atoms with Crippen molar-refractivity contribution >= 4 is 17.5 Å². The van der Waals surface area contributed by atoms with Crippen LogP contribution in [0, 0.1) is 0 Å². The third kappa shape index (κ3) is 4.30. The zero-order valence-corrected chi connectivity index (χ0v) is 17.2. The Bertz CT molecular complexity index is 962. The van der Waals surface area contributed by atoms with Crippen LogP contribution >= 0.6 is 11.6 Å². The monoisotopic (exact) mass is 409 g/mol. The second-order valence-electron chi connectivity index (χ2n) is 7.17. The summed E-state index contributed by atoms with van der Waals surface area (Å²) in [4.78, 5) is 15.1.